The Kier molecular flexibility index (Phi) is 5.74. The van der Waals surface area contributed by atoms with Crippen molar-refractivity contribution in [1.29, 1.82) is 0 Å². The molecule has 0 bridgehead atoms. The van der Waals surface area contributed by atoms with Crippen LogP contribution in [0.4, 0.5) is 27.1 Å². The zero-order chi connectivity index (χ0) is 21.0. The molecule has 0 atom stereocenters. The van der Waals surface area contributed by atoms with Crippen molar-refractivity contribution in [2.24, 2.45) is 0 Å². The summed E-state index contributed by atoms with van der Waals surface area (Å²) in [5, 5.41) is 5.97. The second-order valence-electron chi connectivity index (χ2n) is 6.37. The van der Waals surface area contributed by atoms with Crippen molar-refractivity contribution >= 4 is 28.7 Å². The van der Waals surface area contributed by atoms with Gasteiger partial charge in [-0.1, -0.05) is 6.07 Å². The lowest BCUT2D eigenvalue weighted by atomic mass is 10.1. The van der Waals surface area contributed by atoms with Crippen molar-refractivity contribution in [2.75, 3.05) is 17.7 Å². The van der Waals surface area contributed by atoms with Crippen LogP contribution in [0.5, 0.6) is 5.88 Å². The Morgan fingerprint density at radius 1 is 1.07 bits per heavy atom. The molecule has 29 heavy (non-hydrogen) atoms. The number of halogens is 1. The minimum Gasteiger partial charge on any atom is -0.481 e. The monoisotopic (exact) mass is 390 g/mol. The lowest BCUT2D eigenvalue weighted by Gasteiger charge is -2.15. The van der Waals surface area contributed by atoms with Crippen LogP contribution < -0.4 is 15.4 Å². The van der Waals surface area contributed by atoms with Crippen LogP contribution in [0, 0.1) is 26.2 Å². The van der Waals surface area contributed by atoms with Crippen molar-refractivity contribution in [1.82, 2.24) is 4.98 Å². The average Bonchev–Trinajstić information content (AvgIpc) is 2.71. The van der Waals surface area contributed by atoms with Gasteiger partial charge in [0.25, 0.3) is 5.91 Å². The van der Waals surface area contributed by atoms with Crippen LogP contribution in [0.15, 0.2) is 48.5 Å². The summed E-state index contributed by atoms with van der Waals surface area (Å²) in [4.78, 5) is 20.6. The second-order valence-corrected chi connectivity index (χ2v) is 6.37. The lowest BCUT2D eigenvalue weighted by molar-refractivity contribution is 0.102. The maximum absolute atomic E-state index is 13.4. The van der Waals surface area contributed by atoms with Gasteiger partial charge >= 0.3 is 0 Å². The minimum atomic E-state index is -0.396. The number of anilines is 3. The number of aryl methyl sites for hydroxylation is 2. The van der Waals surface area contributed by atoms with E-state index in [1.165, 1.54) is 25.3 Å². The van der Waals surface area contributed by atoms with E-state index >= 15 is 0 Å². The van der Waals surface area contributed by atoms with Gasteiger partial charge in [0.2, 0.25) is 5.88 Å². The zero-order valence-corrected chi connectivity index (χ0v) is 16.2. The van der Waals surface area contributed by atoms with E-state index in [9.17, 15) is 9.18 Å². The molecule has 0 aliphatic rings. The van der Waals surface area contributed by atoms with Crippen LogP contribution in [-0.4, -0.2) is 18.0 Å². The summed E-state index contributed by atoms with van der Waals surface area (Å²) in [5.74, 6) is -0.283. The summed E-state index contributed by atoms with van der Waals surface area (Å²) < 4.78 is 18.5. The Morgan fingerprint density at radius 2 is 1.79 bits per heavy atom. The number of hydrogen-bond donors (Lipinski definition) is 2. The lowest BCUT2D eigenvalue weighted by Crippen LogP contribution is -2.15. The summed E-state index contributed by atoms with van der Waals surface area (Å²) in [7, 11) is 1.52. The molecule has 1 heterocycles. The Bertz CT molecular complexity index is 1120. The number of methoxy groups -OCH3 is 1. The van der Waals surface area contributed by atoms with Crippen molar-refractivity contribution in [2.45, 2.75) is 13.8 Å². The van der Waals surface area contributed by atoms with Gasteiger partial charge in [0.05, 0.1) is 30.6 Å². The molecule has 0 radical (unpaired) electrons. The average molecular weight is 390 g/mol. The number of carbonyl (C=O) groups is 1. The van der Waals surface area contributed by atoms with Crippen molar-refractivity contribution in [3.8, 4) is 5.88 Å². The van der Waals surface area contributed by atoms with Crippen molar-refractivity contribution in [3.05, 3.63) is 82.6 Å². The number of benzene rings is 2. The third-order valence-electron chi connectivity index (χ3n) is 4.35. The molecule has 2 N–H and O–H groups in total. The number of ether oxygens (including phenoxy) is 1. The Labute approximate surface area is 168 Å². The zero-order valence-electron chi connectivity index (χ0n) is 16.2. The molecule has 0 saturated heterocycles. The second kappa shape index (κ2) is 8.40. The van der Waals surface area contributed by atoms with Crippen LogP contribution in [0.3, 0.4) is 0 Å². The summed E-state index contributed by atoms with van der Waals surface area (Å²) >= 11 is 0. The Balaban J connectivity index is 1.94. The van der Waals surface area contributed by atoms with Gasteiger partial charge in [-0.25, -0.2) is 14.2 Å². The normalized spacial score (nSPS) is 10.2. The SMILES string of the molecule is [C-]#[N+]c1ccc(Nc2ccc(F)cc2C)c(C(=O)Nc2ccc(OC)nc2C)c1. The third-order valence-corrected chi connectivity index (χ3v) is 4.35. The molecule has 0 spiro atoms. The number of hydrogen-bond acceptors (Lipinski definition) is 4. The molecule has 3 aromatic rings. The van der Waals surface area contributed by atoms with Gasteiger partial charge in [-0.2, -0.15) is 0 Å². The molecule has 1 aromatic heterocycles. The first-order valence-corrected chi connectivity index (χ1v) is 8.79. The number of nitrogens with zero attached hydrogens (tertiary/aromatic N) is 2. The highest BCUT2D eigenvalue weighted by Gasteiger charge is 2.15. The van der Waals surface area contributed by atoms with Crippen LogP contribution >= 0.6 is 0 Å². The van der Waals surface area contributed by atoms with Crippen LogP contribution in [-0.2, 0) is 0 Å². The van der Waals surface area contributed by atoms with E-state index in [-0.39, 0.29) is 11.4 Å². The largest absolute Gasteiger partial charge is 0.481 e. The van der Waals surface area contributed by atoms with E-state index in [0.29, 0.717) is 39.9 Å². The van der Waals surface area contributed by atoms with E-state index in [1.807, 2.05) is 0 Å². The first-order valence-electron chi connectivity index (χ1n) is 8.79. The molecule has 0 aliphatic carbocycles. The molecule has 0 fully saturated rings. The first-order chi connectivity index (χ1) is 13.9. The van der Waals surface area contributed by atoms with E-state index in [4.69, 9.17) is 11.3 Å². The number of amides is 1. The van der Waals surface area contributed by atoms with Crippen LogP contribution in [0.2, 0.25) is 0 Å². The molecule has 1 amide bonds. The maximum Gasteiger partial charge on any atom is 0.256 e. The first kappa shape index (κ1) is 19.8. The van der Waals surface area contributed by atoms with E-state index < -0.39 is 5.91 Å². The Hall–Kier alpha value is -3.92. The van der Waals surface area contributed by atoms with Crippen molar-refractivity contribution in [3.63, 3.8) is 0 Å². The fraction of sp³-hybridized carbons (Fsp3) is 0.136. The number of nitrogens with one attached hydrogen (secondary N) is 2. The number of rotatable bonds is 5. The summed E-state index contributed by atoms with van der Waals surface area (Å²) in [5.41, 5.74) is 3.62. The number of pyridine rings is 1. The molecule has 2 aromatic carbocycles. The van der Waals surface area contributed by atoms with Crippen molar-refractivity contribution < 1.29 is 13.9 Å². The fourth-order valence-electron chi connectivity index (χ4n) is 2.78. The van der Waals surface area contributed by atoms with E-state index in [1.54, 1.807) is 44.2 Å². The molecule has 3 rings (SSSR count). The van der Waals surface area contributed by atoms with Gasteiger partial charge in [-0.3, -0.25) is 4.79 Å². The molecule has 0 saturated carbocycles. The smallest absolute Gasteiger partial charge is 0.256 e. The van der Waals surface area contributed by atoms with E-state index in [0.717, 1.165) is 0 Å². The summed E-state index contributed by atoms with van der Waals surface area (Å²) in [6.45, 7) is 10.8. The molecular formula is C22H19FN4O2. The predicted octanol–water partition coefficient (Wildman–Crippen LogP) is 5.39. The highest BCUT2D eigenvalue weighted by Crippen LogP contribution is 2.29. The highest BCUT2D eigenvalue weighted by molar-refractivity contribution is 6.09. The van der Waals surface area contributed by atoms with Gasteiger partial charge in [0.15, 0.2) is 5.69 Å². The van der Waals surface area contributed by atoms with Gasteiger partial charge < -0.3 is 15.4 Å². The van der Waals surface area contributed by atoms with Gasteiger partial charge in [-0.05, 0) is 55.8 Å². The molecule has 146 valence electrons. The summed E-state index contributed by atoms with van der Waals surface area (Å²) in [6.07, 6.45) is 0. The molecule has 0 unspecified atom stereocenters. The summed E-state index contributed by atoms with van der Waals surface area (Å²) in [6, 6.07) is 12.5. The van der Waals surface area contributed by atoms with Crippen LogP contribution in [0.1, 0.15) is 21.6 Å². The topological polar surface area (TPSA) is 67.6 Å². The van der Waals surface area contributed by atoms with Gasteiger partial charge in [0.1, 0.15) is 5.82 Å². The quantitative estimate of drug-likeness (QED) is 0.573. The number of aromatic nitrogens is 1. The molecular weight excluding hydrogens is 371 g/mol. The fourth-order valence-corrected chi connectivity index (χ4v) is 2.78. The molecule has 7 heteroatoms. The maximum atomic E-state index is 13.4. The Morgan fingerprint density at radius 3 is 2.45 bits per heavy atom. The van der Waals surface area contributed by atoms with E-state index in [2.05, 4.69) is 20.5 Å². The predicted molar refractivity (Wildman–Crippen MR) is 111 cm³/mol. The third kappa shape index (κ3) is 4.50. The number of carbonyl (C=O) groups excluding carboxylic acids is 1. The molecule has 0 aliphatic heterocycles. The minimum absolute atomic E-state index is 0.289. The van der Waals surface area contributed by atoms with Gasteiger partial charge in [-0.15, -0.1) is 0 Å². The highest BCUT2D eigenvalue weighted by atomic mass is 19.1. The standard InChI is InChI=1S/C22H19FN4O2/c1-13-11-15(23)5-7-18(13)26-20-8-6-16(24-3)12-17(20)22(28)27-19-9-10-21(29-4)25-14(19)2/h5-12,26H,1-2,4H3,(H,27,28). The molecule has 6 nitrogen and oxygen atoms in total. The van der Waals surface area contributed by atoms with Gasteiger partial charge in [0, 0.05) is 17.4 Å². The van der Waals surface area contributed by atoms with Crippen LogP contribution in [0.25, 0.3) is 4.85 Å².